The second-order valence-corrected chi connectivity index (χ2v) is 8.88. The summed E-state index contributed by atoms with van der Waals surface area (Å²) in [6, 6.07) is 14.1. The van der Waals surface area contributed by atoms with Gasteiger partial charge in [-0.25, -0.2) is 19.3 Å². The lowest BCUT2D eigenvalue weighted by Crippen LogP contribution is -2.25. The largest absolute Gasteiger partial charge is 0.374 e. The lowest BCUT2D eigenvalue weighted by Gasteiger charge is -2.22. The maximum atomic E-state index is 14.7. The minimum Gasteiger partial charge on any atom is -0.374 e. The lowest BCUT2D eigenvalue weighted by atomic mass is 9.97. The van der Waals surface area contributed by atoms with Crippen molar-refractivity contribution >= 4 is 28.5 Å². The lowest BCUT2D eigenvalue weighted by molar-refractivity contribution is 0.188. The number of anilines is 1. The zero-order chi connectivity index (χ0) is 23.9. The zero-order valence-electron chi connectivity index (χ0n) is 18.4. The predicted octanol–water partition coefficient (Wildman–Crippen LogP) is 5.89. The van der Waals surface area contributed by atoms with E-state index in [0.717, 1.165) is 39.6 Å². The minimum absolute atomic E-state index is 0.309. The van der Waals surface area contributed by atoms with Gasteiger partial charge in [-0.1, -0.05) is 11.6 Å². The van der Waals surface area contributed by atoms with Gasteiger partial charge in [0.2, 0.25) is 0 Å². The Morgan fingerprint density at radius 3 is 2.71 bits per heavy atom. The number of pyridine rings is 4. The molecule has 1 atom stereocenters. The fraction of sp³-hybridized carbons (Fsp3) is 0.111. The van der Waals surface area contributed by atoms with Crippen molar-refractivity contribution in [3.63, 3.8) is 0 Å². The highest BCUT2D eigenvalue weighted by Crippen LogP contribution is 2.35. The molecule has 0 saturated heterocycles. The molecule has 6 rings (SSSR count). The van der Waals surface area contributed by atoms with E-state index in [0.29, 0.717) is 34.2 Å². The zero-order valence-corrected chi connectivity index (χ0v) is 19.2. The maximum Gasteiger partial charge on any atom is 0.160 e. The van der Waals surface area contributed by atoms with Crippen molar-refractivity contribution in [3.05, 3.63) is 89.7 Å². The molecule has 0 spiro atoms. The van der Waals surface area contributed by atoms with Crippen molar-refractivity contribution in [2.45, 2.75) is 19.1 Å². The van der Waals surface area contributed by atoms with Crippen molar-refractivity contribution < 1.29 is 9.50 Å². The number of benzene rings is 1. The molecule has 1 unspecified atom stereocenters. The molecule has 1 aliphatic heterocycles. The van der Waals surface area contributed by atoms with Crippen LogP contribution in [-0.4, -0.2) is 31.3 Å². The number of hydrogen-bond donors (Lipinski definition) is 2. The highest BCUT2D eigenvalue weighted by molar-refractivity contribution is 6.30. The standard InChI is InChI=1S/C27H19ClFN5O/c28-19-4-5-23(29)22(10-19)24-11-21(20-2-1-7-31-27(20)33-24)18-9-16(12-30-13-18)17-8-15-3-6-25(35)34-26(15)32-14-17/h1-2,4-5,7-14,25,35H,3,6H2,(H,32,34). The Morgan fingerprint density at radius 2 is 1.80 bits per heavy atom. The molecule has 0 radical (unpaired) electrons. The average molecular weight is 484 g/mol. The Kier molecular flexibility index (Phi) is 5.36. The third kappa shape index (κ3) is 4.09. The Balaban J connectivity index is 1.49. The number of nitrogens with one attached hydrogen (secondary N) is 1. The van der Waals surface area contributed by atoms with Crippen molar-refractivity contribution in [1.29, 1.82) is 0 Å². The van der Waals surface area contributed by atoms with Gasteiger partial charge in [0.15, 0.2) is 5.65 Å². The molecule has 172 valence electrons. The fourth-order valence-electron chi connectivity index (χ4n) is 4.38. The quantitative estimate of drug-likeness (QED) is 0.333. The Morgan fingerprint density at radius 1 is 0.943 bits per heavy atom. The summed E-state index contributed by atoms with van der Waals surface area (Å²) in [5.41, 5.74) is 5.81. The molecule has 0 aliphatic carbocycles. The van der Waals surface area contributed by atoms with Crippen molar-refractivity contribution in [2.24, 2.45) is 0 Å². The van der Waals surface area contributed by atoms with Crippen LogP contribution in [0.2, 0.25) is 5.02 Å². The second-order valence-electron chi connectivity index (χ2n) is 8.45. The van der Waals surface area contributed by atoms with E-state index in [1.807, 2.05) is 24.3 Å². The highest BCUT2D eigenvalue weighted by Gasteiger charge is 2.18. The van der Waals surface area contributed by atoms with Crippen LogP contribution in [0.4, 0.5) is 10.2 Å². The number of hydrogen-bond acceptors (Lipinski definition) is 6. The number of halogens is 2. The second kappa shape index (κ2) is 8.69. The van der Waals surface area contributed by atoms with Crippen LogP contribution in [0.25, 0.3) is 44.5 Å². The molecular formula is C27H19ClFN5O. The molecule has 8 heteroatoms. The molecule has 1 aliphatic rings. The number of rotatable bonds is 3. The fourth-order valence-corrected chi connectivity index (χ4v) is 4.56. The summed E-state index contributed by atoms with van der Waals surface area (Å²) >= 11 is 6.14. The number of aryl methyl sites for hydroxylation is 1. The van der Waals surface area contributed by atoms with Gasteiger partial charge in [0.1, 0.15) is 17.9 Å². The predicted molar refractivity (Wildman–Crippen MR) is 134 cm³/mol. The molecule has 0 fully saturated rings. The van der Waals surface area contributed by atoms with Gasteiger partial charge in [-0.2, -0.15) is 0 Å². The van der Waals surface area contributed by atoms with E-state index >= 15 is 0 Å². The summed E-state index contributed by atoms with van der Waals surface area (Å²) in [5, 5.41) is 14.1. The van der Waals surface area contributed by atoms with E-state index in [1.54, 1.807) is 30.9 Å². The number of nitrogens with zero attached hydrogens (tertiary/aromatic N) is 4. The normalized spacial score (nSPS) is 15.0. The van der Waals surface area contributed by atoms with Crippen LogP contribution in [0.1, 0.15) is 12.0 Å². The van der Waals surface area contributed by atoms with Gasteiger partial charge in [-0.3, -0.25) is 4.98 Å². The molecule has 1 aromatic carbocycles. The van der Waals surface area contributed by atoms with E-state index in [2.05, 4.69) is 31.3 Å². The molecule has 4 aromatic heterocycles. The third-order valence-corrected chi connectivity index (χ3v) is 6.36. The first-order chi connectivity index (χ1) is 17.0. The average Bonchev–Trinajstić information content (AvgIpc) is 2.89. The highest BCUT2D eigenvalue weighted by atomic mass is 35.5. The van der Waals surface area contributed by atoms with Crippen LogP contribution >= 0.6 is 11.6 Å². The van der Waals surface area contributed by atoms with Gasteiger partial charge in [0, 0.05) is 57.5 Å². The molecule has 0 bridgehead atoms. The van der Waals surface area contributed by atoms with E-state index in [4.69, 9.17) is 11.6 Å². The van der Waals surface area contributed by atoms with Gasteiger partial charge in [-0.15, -0.1) is 0 Å². The van der Waals surface area contributed by atoms with Crippen molar-refractivity contribution in [3.8, 4) is 33.5 Å². The number of aromatic nitrogens is 4. The monoisotopic (exact) mass is 483 g/mol. The summed E-state index contributed by atoms with van der Waals surface area (Å²) in [6.45, 7) is 0. The summed E-state index contributed by atoms with van der Waals surface area (Å²) in [7, 11) is 0. The Hall–Kier alpha value is -3.94. The van der Waals surface area contributed by atoms with Crippen molar-refractivity contribution in [1.82, 2.24) is 19.9 Å². The topological polar surface area (TPSA) is 83.8 Å². The molecule has 5 aromatic rings. The molecule has 6 nitrogen and oxygen atoms in total. The molecule has 0 amide bonds. The summed E-state index contributed by atoms with van der Waals surface area (Å²) in [6.07, 6.45) is 7.80. The number of aliphatic hydroxyl groups is 1. The first-order valence-corrected chi connectivity index (χ1v) is 11.5. The van der Waals surface area contributed by atoms with E-state index < -0.39 is 12.0 Å². The van der Waals surface area contributed by atoms with Crippen LogP contribution in [-0.2, 0) is 6.42 Å². The smallest absolute Gasteiger partial charge is 0.160 e. The van der Waals surface area contributed by atoms with Gasteiger partial charge in [-0.05, 0) is 72.5 Å². The number of fused-ring (bicyclic) bond motifs is 2. The van der Waals surface area contributed by atoms with Gasteiger partial charge < -0.3 is 10.4 Å². The maximum absolute atomic E-state index is 14.7. The van der Waals surface area contributed by atoms with Gasteiger partial charge in [0.25, 0.3) is 0 Å². The van der Waals surface area contributed by atoms with Crippen LogP contribution in [0.15, 0.2) is 73.3 Å². The van der Waals surface area contributed by atoms with Crippen LogP contribution in [0.3, 0.4) is 0 Å². The van der Waals surface area contributed by atoms with Crippen LogP contribution in [0.5, 0.6) is 0 Å². The third-order valence-electron chi connectivity index (χ3n) is 6.13. The molecular weight excluding hydrogens is 465 g/mol. The molecule has 0 saturated carbocycles. The van der Waals surface area contributed by atoms with E-state index in [1.165, 1.54) is 12.1 Å². The Labute approximate surface area is 205 Å². The molecule has 35 heavy (non-hydrogen) atoms. The first-order valence-electron chi connectivity index (χ1n) is 11.2. The first kappa shape index (κ1) is 21.6. The molecule has 2 N–H and O–H groups in total. The summed E-state index contributed by atoms with van der Waals surface area (Å²) < 4.78 is 14.7. The van der Waals surface area contributed by atoms with Crippen LogP contribution in [0, 0.1) is 5.82 Å². The summed E-state index contributed by atoms with van der Waals surface area (Å²) in [5.74, 6) is 0.296. The Bertz CT molecular complexity index is 1590. The van der Waals surface area contributed by atoms with E-state index in [-0.39, 0.29) is 0 Å². The van der Waals surface area contributed by atoms with Gasteiger partial charge >= 0.3 is 0 Å². The van der Waals surface area contributed by atoms with Gasteiger partial charge in [0.05, 0.1) is 5.69 Å². The minimum atomic E-state index is -0.571. The van der Waals surface area contributed by atoms with Crippen LogP contribution < -0.4 is 5.32 Å². The number of aliphatic hydroxyl groups excluding tert-OH is 1. The summed E-state index contributed by atoms with van der Waals surface area (Å²) in [4.78, 5) is 18.0. The SMILES string of the molecule is OC1CCc2cc(-c3cncc(-c4cc(-c5cc(Cl)ccc5F)nc5ncccc45)c3)cnc2N1. The van der Waals surface area contributed by atoms with Crippen molar-refractivity contribution in [2.75, 3.05) is 5.32 Å². The van der Waals surface area contributed by atoms with E-state index in [9.17, 15) is 9.50 Å². The molecule has 5 heterocycles.